The van der Waals surface area contributed by atoms with Crippen LogP contribution in [0.1, 0.15) is 24.6 Å². The first-order valence-electron chi connectivity index (χ1n) is 7.55. The molecular weight excluding hydrogens is 436 g/mol. The van der Waals surface area contributed by atoms with Crippen LogP contribution >= 0.6 is 33.9 Å². The molecule has 0 saturated carbocycles. The van der Waals surface area contributed by atoms with Crippen molar-refractivity contribution in [1.82, 2.24) is 4.90 Å². The Hall–Kier alpha value is -0.540. The van der Waals surface area contributed by atoms with E-state index in [2.05, 4.69) is 17.3 Å². The van der Waals surface area contributed by atoms with Crippen LogP contribution in [0.5, 0.6) is 0 Å². The highest BCUT2D eigenvalue weighted by molar-refractivity contribution is 14.1. The predicted molar refractivity (Wildman–Crippen MR) is 98.5 cm³/mol. The summed E-state index contributed by atoms with van der Waals surface area (Å²) in [5.74, 6) is 0. The summed E-state index contributed by atoms with van der Waals surface area (Å²) < 4.78 is 41.0. The zero-order chi connectivity index (χ0) is 16.6. The van der Waals surface area contributed by atoms with Crippen LogP contribution in [0, 0.1) is 2.88 Å². The van der Waals surface area contributed by atoms with E-state index < -0.39 is 12.6 Å². The molecule has 2 heterocycles. The van der Waals surface area contributed by atoms with Crippen molar-refractivity contribution < 1.29 is 13.2 Å². The highest BCUT2D eigenvalue weighted by atomic mass is 127. The van der Waals surface area contributed by atoms with Gasteiger partial charge in [-0.2, -0.15) is 0 Å². The van der Waals surface area contributed by atoms with Gasteiger partial charge in [0.15, 0.2) is 6.17 Å². The van der Waals surface area contributed by atoms with Crippen LogP contribution in [0.25, 0.3) is 10.1 Å². The summed E-state index contributed by atoms with van der Waals surface area (Å²) in [6, 6.07) is 5.87. The van der Waals surface area contributed by atoms with Gasteiger partial charge in [-0.25, -0.2) is 13.2 Å². The summed E-state index contributed by atoms with van der Waals surface area (Å²) in [4.78, 5) is 2.29. The van der Waals surface area contributed by atoms with Crippen molar-refractivity contribution >= 4 is 49.7 Å². The predicted octanol–water partition coefficient (Wildman–Crippen LogP) is 5.29. The Balaban J connectivity index is 1.92. The Morgan fingerprint density at radius 2 is 1.96 bits per heavy atom. The smallest absolute Gasteiger partial charge is 0.273 e. The van der Waals surface area contributed by atoms with E-state index in [1.54, 1.807) is 6.07 Å². The Labute approximate surface area is 151 Å². The van der Waals surface area contributed by atoms with Crippen molar-refractivity contribution in [3.05, 3.63) is 26.6 Å². The number of alkyl halides is 3. The van der Waals surface area contributed by atoms with Crippen molar-refractivity contribution in [3.63, 3.8) is 0 Å². The van der Waals surface area contributed by atoms with Gasteiger partial charge in [0.2, 0.25) is 0 Å². The lowest BCUT2D eigenvalue weighted by molar-refractivity contribution is 0.0501. The van der Waals surface area contributed by atoms with Gasteiger partial charge in [0.25, 0.3) is 6.43 Å². The molecule has 0 aliphatic carbocycles. The lowest BCUT2D eigenvalue weighted by Gasteiger charge is -2.30. The molecule has 7 heteroatoms. The maximum Gasteiger partial charge on any atom is 0.273 e. The molecule has 1 unspecified atom stereocenters. The minimum absolute atomic E-state index is 0.132. The second kappa shape index (κ2) is 7.14. The molecule has 23 heavy (non-hydrogen) atoms. The van der Waals surface area contributed by atoms with Crippen molar-refractivity contribution in [3.8, 4) is 0 Å². The first-order valence-corrected chi connectivity index (χ1v) is 9.45. The molecule has 0 radical (unpaired) electrons. The fourth-order valence-electron chi connectivity index (χ4n) is 2.98. The lowest BCUT2D eigenvalue weighted by Crippen LogP contribution is -2.36. The Morgan fingerprint density at radius 1 is 1.26 bits per heavy atom. The molecule has 1 aliphatic heterocycles. The molecule has 1 saturated heterocycles. The second-order valence-corrected chi connectivity index (χ2v) is 8.76. The van der Waals surface area contributed by atoms with Crippen molar-refractivity contribution in [2.75, 3.05) is 25.5 Å². The summed E-state index contributed by atoms with van der Waals surface area (Å²) in [7, 11) is 2.11. The zero-order valence-corrected chi connectivity index (χ0v) is 15.6. The number of nitrogens with one attached hydrogen (secondary N) is 1. The van der Waals surface area contributed by atoms with E-state index in [0.29, 0.717) is 14.3 Å². The van der Waals surface area contributed by atoms with Gasteiger partial charge in [-0.1, -0.05) is 12.1 Å². The fraction of sp³-hybridized carbons (Fsp3) is 0.500. The van der Waals surface area contributed by atoms with Crippen LogP contribution < -0.4 is 5.32 Å². The fourth-order valence-corrected chi connectivity index (χ4v) is 5.26. The molecule has 1 aromatic heterocycles. The van der Waals surface area contributed by atoms with Crippen LogP contribution in [0.15, 0.2) is 18.2 Å². The number of halogens is 4. The molecule has 1 aliphatic rings. The van der Waals surface area contributed by atoms with Gasteiger partial charge in [0.1, 0.15) is 0 Å². The van der Waals surface area contributed by atoms with Gasteiger partial charge in [0, 0.05) is 17.0 Å². The maximum absolute atomic E-state index is 13.9. The van der Waals surface area contributed by atoms with Gasteiger partial charge in [-0.05, 0) is 61.6 Å². The summed E-state index contributed by atoms with van der Waals surface area (Å²) in [6.45, 7) is 2.08. The standard InChI is InChI=1S/C16H18F3IN2S/c1-22-7-5-9(6-8-22)21-11-4-2-3-10-12(13(17)15(18)19)16(20)23-14(10)11/h2-4,9,13,15,21H,5-8H2,1H3. The third-order valence-corrected chi connectivity index (χ3v) is 6.57. The van der Waals surface area contributed by atoms with Crippen LogP contribution in [0.3, 0.4) is 0 Å². The van der Waals surface area contributed by atoms with E-state index in [9.17, 15) is 13.2 Å². The Kier molecular flexibility index (Phi) is 5.37. The number of fused-ring (bicyclic) bond motifs is 1. The minimum Gasteiger partial charge on any atom is -0.381 e. The monoisotopic (exact) mass is 454 g/mol. The van der Waals surface area contributed by atoms with Crippen LogP contribution in [0.2, 0.25) is 0 Å². The number of piperidine rings is 1. The summed E-state index contributed by atoms with van der Waals surface area (Å²) in [5.41, 5.74) is 1.06. The molecule has 2 nitrogen and oxygen atoms in total. The SMILES string of the molecule is CN1CCC(Nc2cccc3c(C(F)C(F)F)c(I)sc23)CC1. The normalized spacial score (nSPS) is 18.7. The van der Waals surface area contributed by atoms with E-state index in [0.717, 1.165) is 36.3 Å². The van der Waals surface area contributed by atoms with Gasteiger partial charge < -0.3 is 10.2 Å². The topological polar surface area (TPSA) is 15.3 Å². The zero-order valence-electron chi connectivity index (χ0n) is 12.7. The second-order valence-electron chi connectivity index (χ2n) is 5.93. The average Bonchev–Trinajstić information content (AvgIpc) is 2.86. The number of anilines is 1. The van der Waals surface area contributed by atoms with Crippen LogP contribution in [-0.2, 0) is 0 Å². The maximum atomic E-state index is 13.9. The summed E-state index contributed by atoms with van der Waals surface area (Å²) in [6.07, 6.45) is -3.13. The molecule has 126 valence electrons. The summed E-state index contributed by atoms with van der Waals surface area (Å²) in [5, 5.41) is 4.13. The number of hydrogen-bond donors (Lipinski definition) is 1. The minimum atomic E-state index is -2.99. The molecule has 1 N–H and O–H groups in total. The van der Waals surface area contributed by atoms with E-state index in [1.807, 2.05) is 34.7 Å². The van der Waals surface area contributed by atoms with E-state index in [4.69, 9.17) is 0 Å². The van der Waals surface area contributed by atoms with Gasteiger partial charge in [-0.3, -0.25) is 0 Å². The molecule has 2 aromatic rings. The van der Waals surface area contributed by atoms with Crippen molar-refractivity contribution in [2.24, 2.45) is 0 Å². The lowest BCUT2D eigenvalue weighted by atomic mass is 10.0. The third-order valence-electron chi connectivity index (χ3n) is 4.28. The van der Waals surface area contributed by atoms with Gasteiger partial charge >= 0.3 is 0 Å². The number of rotatable bonds is 4. The first kappa shape index (κ1) is 17.3. The third kappa shape index (κ3) is 3.61. The number of hydrogen-bond acceptors (Lipinski definition) is 3. The molecule has 1 atom stereocenters. The summed E-state index contributed by atoms with van der Waals surface area (Å²) >= 11 is 3.34. The highest BCUT2D eigenvalue weighted by Crippen LogP contribution is 2.43. The van der Waals surface area contributed by atoms with Gasteiger partial charge in [0.05, 0.1) is 13.3 Å². The van der Waals surface area contributed by atoms with Crippen LogP contribution in [0.4, 0.5) is 18.9 Å². The van der Waals surface area contributed by atoms with E-state index >= 15 is 0 Å². The number of nitrogens with zero attached hydrogens (tertiary/aromatic N) is 1. The molecule has 1 aromatic carbocycles. The molecule has 0 spiro atoms. The molecule has 1 fully saturated rings. The van der Waals surface area contributed by atoms with Crippen molar-refractivity contribution in [2.45, 2.75) is 31.5 Å². The Bertz CT molecular complexity index is 683. The highest BCUT2D eigenvalue weighted by Gasteiger charge is 2.28. The molecule has 0 bridgehead atoms. The largest absolute Gasteiger partial charge is 0.381 e. The number of likely N-dealkylation sites (tertiary alicyclic amines) is 1. The van der Waals surface area contributed by atoms with Gasteiger partial charge in [-0.15, -0.1) is 11.3 Å². The first-order chi connectivity index (χ1) is 11.0. The average molecular weight is 454 g/mol. The van der Waals surface area contributed by atoms with E-state index in [-0.39, 0.29) is 5.56 Å². The quantitative estimate of drug-likeness (QED) is 0.632. The molecule has 0 amide bonds. The van der Waals surface area contributed by atoms with Crippen molar-refractivity contribution in [1.29, 1.82) is 0 Å². The molecule has 3 rings (SSSR count). The number of benzene rings is 1. The van der Waals surface area contributed by atoms with E-state index in [1.165, 1.54) is 11.3 Å². The number of thiophene rings is 1. The molecular formula is C16H18F3IN2S. The Morgan fingerprint density at radius 3 is 2.61 bits per heavy atom. The van der Waals surface area contributed by atoms with Crippen LogP contribution in [-0.4, -0.2) is 37.5 Å².